The first-order valence-corrected chi connectivity index (χ1v) is 15.0. The maximum atomic E-state index is 12.8. The monoisotopic (exact) mass is 598 g/mol. The van der Waals surface area contributed by atoms with Crippen molar-refractivity contribution < 1.29 is 9.53 Å². The summed E-state index contributed by atoms with van der Waals surface area (Å²) in [5.74, 6) is 3.12. The van der Waals surface area contributed by atoms with Crippen molar-refractivity contribution in [1.29, 1.82) is 0 Å². The molecule has 0 spiro atoms. The highest BCUT2D eigenvalue weighted by Crippen LogP contribution is 2.35. The predicted molar refractivity (Wildman–Crippen MR) is 167 cm³/mol. The van der Waals surface area contributed by atoms with E-state index >= 15 is 0 Å². The van der Waals surface area contributed by atoms with Gasteiger partial charge < -0.3 is 19.9 Å². The van der Waals surface area contributed by atoms with E-state index in [1.807, 2.05) is 67.4 Å². The third kappa shape index (κ3) is 7.03. The Morgan fingerprint density at radius 1 is 0.930 bits per heavy atom. The van der Waals surface area contributed by atoms with Crippen LogP contribution in [-0.4, -0.2) is 81.5 Å². The van der Waals surface area contributed by atoms with Crippen molar-refractivity contribution in [3.63, 3.8) is 0 Å². The van der Waals surface area contributed by atoms with Crippen LogP contribution in [0.3, 0.4) is 0 Å². The molecule has 4 aromatic rings. The smallest absolute Gasteiger partial charge is 0.274 e. The molecule has 2 aliphatic heterocycles. The molecule has 222 valence electrons. The molecule has 4 heterocycles. The van der Waals surface area contributed by atoms with E-state index in [1.54, 1.807) is 18.5 Å². The number of hydrogen-bond donors (Lipinski definition) is 1. The standard InChI is InChI=1S/C32H35ClN8O2/c1-22-19-36-30(21-34-22)32(42)41-15-12-39(13-16-41)11-14-40-10-9-29(28-20-35-23(2)37-31(28)40)38-25-6-4-8-27(18-25)43-26-7-3-5-24(33)17-26/h3-8,17-21,29,38H,9-16H2,1-2H3. The number of carbonyl (C=O) groups is 1. The summed E-state index contributed by atoms with van der Waals surface area (Å²) < 4.78 is 6.04. The number of fused-ring (bicyclic) bond motifs is 1. The molecule has 0 saturated carbocycles. The maximum absolute atomic E-state index is 12.8. The van der Waals surface area contributed by atoms with E-state index in [2.05, 4.69) is 30.1 Å². The number of ether oxygens (including phenoxy) is 1. The van der Waals surface area contributed by atoms with Crippen molar-refractivity contribution in [1.82, 2.24) is 29.7 Å². The van der Waals surface area contributed by atoms with Gasteiger partial charge in [-0.3, -0.25) is 14.7 Å². The Hall–Kier alpha value is -4.28. The molecule has 11 heteroatoms. The molecule has 0 radical (unpaired) electrons. The largest absolute Gasteiger partial charge is 0.457 e. The first-order chi connectivity index (χ1) is 20.9. The molecule has 2 aromatic heterocycles. The number of nitrogens with zero attached hydrogens (tertiary/aromatic N) is 7. The fraction of sp³-hybridized carbons (Fsp3) is 0.344. The zero-order valence-electron chi connectivity index (χ0n) is 24.4. The van der Waals surface area contributed by atoms with Gasteiger partial charge in [-0.25, -0.2) is 15.0 Å². The molecule has 43 heavy (non-hydrogen) atoms. The number of hydrogen-bond acceptors (Lipinski definition) is 9. The number of nitrogens with one attached hydrogen (secondary N) is 1. The van der Waals surface area contributed by atoms with Crippen LogP contribution in [0.1, 0.15) is 40.0 Å². The summed E-state index contributed by atoms with van der Waals surface area (Å²) in [6.45, 7) is 9.44. The van der Waals surface area contributed by atoms with Crippen LogP contribution < -0.4 is 15.0 Å². The zero-order chi connectivity index (χ0) is 29.8. The van der Waals surface area contributed by atoms with Crippen molar-refractivity contribution in [2.75, 3.05) is 56.0 Å². The average molecular weight is 599 g/mol. The number of aryl methyl sites for hydroxylation is 2. The number of aromatic nitrogens is 4. The van der Waals surface area contributed by atoms with Crippen molar-refractivity contribution in [3.05, 3.63) is 94.9 Å². The van der Waals surface area contributed by atoms with Gasteiger partial charge in [0.15, 0.2) is 0 Å². The maximum Gasteiger partial charge on any atom is 0.274 e. The van der Waals surface area contributed by atoms with E-state index in [0.717, 1.165) is 73.5 Å². The fourth-order valence-corrected chi connectivity index (χ4v) is 5.68. The summed E-state index contributed by atoms with van der Waals surface area (Å²) in [7, 11) is 0. The Morgan fingerprint density at radius 3 is 2.49 bits per heavy atom. The highest BCUT2D eigenvalue weighted by Gasteiger charge is 2.29. The molecule has 1 fully saturated rings. The minimum atomic E-state index is -0.0515. The molecule has 0 bridgehead atoms. The van der Waals surface area contributed by atoms with E-state index in [9.17, 15) is 4.79 Å². The third-order valence-electron chi connectivity index (χ3n) is 7.83. The summed E-state index contributed by atoms with van der Waals surface area (Å²) in [5, 5.41) is 4.32. The second kappa shape index (κ2) is 12.9. The topological polar surface area (TPSA) is 99.6 Å². The number of carbonyl (C=O) groups excluding carboxylic acids is 1. The second-order valence-corrected chi connectivity index (χ2v) is 11.4. The first-order valence-electron chi connectivity index (χ1n) is 14.6. The predicted octanol–water partition coefficient (Wildman–Crippen LogP) is 5.15. The molecule has 1 atom stereocenters. The lowest BCUT2D eigenvalue weighted by Crippen LogP contribution is -2.51. The molecule has 0 aliphatic carbocycles. The summed E-state index contributed by atoms with van der Waals surface area (Å²) in [6.07, 6.45) is 6.07. The second-order valence-electron chi connectivity index (χ2n) is 10.9. The molecule has 1 amide bonds. The number of benzene rings is 2. The lowest BCUT2D eigenvalue weighted by atomic mass is 10.00. The van der Waals surface area contributed by atoms with Crippen LogP contribution in [0, 0.1) is 13.8 Å². The van der Waals surface area contributed by atoms with Crippen LogP contribution in [-0.2, 0) is 0 Å². The lowest BCUT2D eigenvalue weighted by Gasteiger charge is -2.38. The summed E-state index contributed by atoms with van der Waals surface area (Å²) in [4.78, 5) is 37.3. The van der Waals surface area contributed by atoms with Crippen LogP contribution in [0.15, 0.2) is 67.1 Å². The molecule has 1 unspecified atom stereocenters. The van der Waals surface area contributed by atoms with Crippen LogP contribution in [0.2, 0.25) is 5.02 Å². The van der Waals surface area contributed by atoms with E-state index in [-0.39, 0.29) is 11.9 Å². The Labute approximate surface area is 256 Å². The first kappa shape index (κ1) is 28.8. The van der Waals surface area contributed by atoms with Crippen LogP contribution in [0.5, 0.6) is 11.5 Å². The summed E-state index contributed by atoms with van der Waals surface area (Å²) >= 11 is 6.12. The van der Waals surface area contributed by atoms with E-state index in [1.165, 1.54) is 0 Å². The molecular formula is C32H35ClN8O2. The highest BCUT2D eigenvalue weighted by atomic mass is 35.5. The summed E-state index contributed by atoms with van der Waals surface area (Å²) in [6, 6.07) is 15.4. The quantitative estimate of drug-likeness (QED) is 0.295. The van der Waals surface area contributed by atoms with Gasteiger partial charge in [-0.1, -0.05) is 23.7 Å². The van der Waals surface area contributed by atoms with Crippen LogP contribution >= 0.6 is 11.6 Å². The molecule has 2 aliphatic rings. The van der Waals surface area contributed by atoms with Crippen molar-refractivity contribution >= 4 is 29.0 Å². The van der Waals surface area contributed by atoms with Gasteiger partial charge in [-0.05, 0) is 50.6 Å². The Balaban J connectivity index is 1.06. The van der Waals surface area contributed by atoms with Crippen molar-refractivity contribution in [2.45, 2.75) is 26.3 Å². The zero-order valence-corrected chi connectivity index (χ0v) is 25.2. The number of amides is 1. The van der Waals surface area contributed by atoms with Gasteiger partial charge in [0.2, 0.25) is 0 Å². The van der Waals surface area contributed by atoms with Gasteiger partial charge in [0.05, 0.1) is 17.9 Å². The van der Waals surface area contributed by atoms with Crippen molar-refractivity contribution in [3.8, 4) is 11.5 Å². The minimum Gasteiger partial charge on any atom is -0.457 e. The van der Waals surface area contributed by atoms with Gasteiger partial charge in [-0.15, -0.1) is 0 Å². The number of rotatable bonds is 8. The van der Waals surface area contributed by atoms with Crippen LogP contribution in [0.4, 0.5) is 11.5 Å². The number of halogens is 1. The average Bonchev–Trinajstić information content (AvgIpc) is 3.01. The number of piperazine rings is 1. The molecule has 10 nitrogen and oxygen atoms in total. The van der Waals surface area contributed by atoms with Crippen molar-refractivity contribution in [2.24, 2.45) is 0 Å². The Bertz CT molecular complexity index is 1580. The summed E-state index contributed by atoms with van der Waals surface area (Å²) in [5.41, 5.74) is 3.26. The number of anilines is 2. The van der Waals surface area contributed by atoms with Gasteiger partial charge >= 0.3 is 0 Å². The molecular weight excluding hydrogens is 564 g/mol. The minimum absolute atomic E-state index is 0.0515. The SMILES string of the molecule is Cc1cnc(C(=O)N2CCN(CCN3CCC(Nc4cccc(Oc5cccc(Cl)c5)c4)c4cnc(C)nc43)CC2)cn1. The molecule has 1 N–H and O–H groups in total. The van der Waals surface area contributed by atoms with Gasteiger partial charge in [0.1, 0.15) is 28.8 Å². The van der Waals surface area contributed by atoms with Gasteiger partial charge in [0, 0.05) is 80.5 Å². The van der Waals surface area contributed by atoms with Gasteiger partial charge in [-0.2, -0.15) is 0 Å². The normalized spacial score (nSPS) is 17.0. The molecule has 6 rings (SSSR count). The van der Waals surface area contributed by atoms with Gasteiger partial charge in [0.25, 0.3) is 5.91 Å². The fourth-order valence-electron chi connectivity index (χ4n) is 5.50. The highest BCUT2D eigenvalue weighted by molar-refractivity contribution is 6.30. The molecule has 2 aromatic carbocycles. The Kier molecular flexibility index (Phi) is 8.67. The van der Waals surface area contributed by atoms with E-state index in [4.69, 9.17) is 21.3 Å². The lowest BCUT2D eigenvalue weighted by molar-refractivity contribution is 0.0634. The van der Waals surface area contributed by atoms with E-state index < -0.39 is 0 Å². The Morgan fingerprint density at radius 2 is 1.72 bits per heavy atom. The van der Waals surface area contributed by atoms with Crippen LogP contribution in [0.25, 0.3) is 0 Å². The van der Waals surface area contributed by atoms with E-state index in [0.29, 0.717) is 29.6 Å². The molecule has 1 saturated heterocycles. The third-order valence-corrected chi connectivity index (χ3v) is 8.07.